The zero-order valence-corrected chi connectivity index (χ0v) is 19.9. The topological polar surface area (TPSA) is 94.7 Å². The highest BCUT2D eigenvalue weighted by atomic mass is 79.9. The molecule has 1 atom stereocenters. The van der Waals surface area contributed by atoms with Gasteiger partial charge >= 0.3 is 6.01 Å². The zero-order chi connectivity index (χ0) is 23.1. The molecule has 1 aliphatic rings. The lowest BCUT2D eigenvalue weighted by atomic mass is 9.90. The largest absolute Gasteiger partial charge is 0.480 e. The number of rotatable bonds is 4. The van der Waals surface area contributed by atoms with E-state index in [9.17, 15) is 4.79 Å². The Morgan fingerprint density at radius 1 is 1.15 bits per heavy atom. The molecule has 33 heavy (non-hydrogen) atoms. The van der Waals surface area contributed by atoms with Crippen LogP contribution in [0.2, 0.25) is 0 Å². The van der Waals surface area contributed by atoms with Crippen LogP contribution in [0.15, 0.2) is 47.3 Å². The van der Waals surface area contributed by atoms with Gasteiger partial charge in [0.15, 0.2) is 11.3 Å². The van der Waals surface area contributed by atoms with Crippen LogP contribution in [0.5, 0.6) is 11.9 Å². The third kappa shape index (κ3) is 3.80. The smallest absolute Gasteiger partial charge is 0.319 e. The maximum atomic E-state index is 13.3. The summed E-state index contributed by atoms with van der Waals surface area (Å²) in [5.41, 5.74) is 5.05. The maximum Gasteiger partial charge on any atom is 0.319 e. The molecule has 0 radical (unpaired) electrons. The van der Waals surface area contributed by atoms with Gasteiger partial charge in [0.25, 0.3) is 5.91 Å². The van der Waals surface area contributed by atoms with Crippen LogP contribution in [0.4, 0.5) is 0 Å². The van der Waals surface area contributed by atoms with E-state index < -0.39 is 0 Å². The average molecular weight is 509 g/mol. The van der Waals surface area contributed by atoms with Crippen molar-refractivity contribution >= 4 is 27.5 Å². The van der Waals surface area contributed by atoms with E-state index in [0.717, 1.165) is 27.6 Å². The molecule has 4 heterocycles. The molecule has 1 aromatic carbocycles. The quantitative estimate of drug-likeness (QED) is 0.414. The fraction of sp³-hybridized carbons (Fsp3) is 0.261. The van der Waals surface area contributed by atoms with Gasteiger partial charge in [-0.25, -0.2) is 14.5 Å². The molecule has 0 aliphatic carbocycles. The predicted molar refractivity (Wildman–Crippen MR) is 124 cm³/mol. The Balaban J connectivity index is 1.43. The molecule has 0 fully saturated rings. The van der Waals surface area contributed by atoms with Crippen molar-refractivity contribution in [2.45, 2.75) is 19.4 Å². The van der Waals surface area contributed by atoms with Gasteiger partial charge in [-0.3, -0.25) is 4.79 Å². The monoisotopic (exact) mass is 508 g/mol. The number of methoxy groups -OCH3 is 2. The number of benzene rings is 1. The van der Waals surface area contributed by atoms with E-state index >= 15 is 0 Å². The minimum atomic E-state index is -0.107. The van der Waals surface area contributed by atoms with Crippen molar-refractivity contribution < 1.29 is 14.3 Å². The summed E-state index contributed by atoms with van der Waals surface area (Å²) in [5, 5.41) is 4.42. The number of aromatic nitrogens is 5. The Labute approximate surface area is 198 Å². The number of fused-ring (bicyclic) bond motifs is 2. The maximum absolute atomic E-state index is 13.3. The highest BCUT2D eigenvalue weighted by Gasteiger charge is 2.30. The Morgan fingerprint density at radius 2 is 2.00 bits per heavy atom. The summed E-state index contributed by atoms with van der Waals surface area (Å²) in [6.07, 6.45) is 5.90. The molecule has 1 amide bonds. The second-order valence-electron chi connectivity index (χ2n) is 7.72. The SMILES string of the molecule is COc1ncc(-c2ccc3c(c2)CCN(C(=O)c2cc4ncc(Br)cn4n2)C3C)c(OC)n1. The molecule has 0 saturated heterocycles. The summed E-state index contributed by atoms with van der Waals surface area (Å²) in [7, 11) is 3.09. The molecule has 1 aliphatic heterocycles. The van der Waals surface area contributed by atoms with Gasteiger partial charge in [-0.2, -0.15) is 10.1 Å². The second kappa shape index (κ2) is 8.43. The first-order valence-electron chi connectivity index (χ1n) is 10.4. The normalized spacial score (nSPS) is 15.4. The van der Waals surface area contributed by atoms with Crippen LogP contribution in [-0.4, -0.2) is 56.1 Å². The van der Waals surface area contributed by atoms with E-state index in [4.69, 9.17) is 9.47 Å². The van der Waals surface area contributed by atoms with Crippen LogP contribution < -0.4 is 9.47 Å². The van der Waals surface area contributed by atoms with Crippen molar-refractivity contribution in [2.75, 3.05) is 20.8 Å². The summed E-state index contributed by atoms with van der Waals surface area (Å²) >= 11 is 3.38. The fourth-order valence-corrected chi connectivity index (χ4v) is 4.48. The van der Waals surface area contributed by atoms with E-state index in [2.05, 4.69) is 48.1 Å². The highest BCUT2D eigenvalue weighted by Crippen LogP contribution is 2.35. The molecule has 4 aromatic rings. The van der Waals surface area contributed by atoms with E-state index in [1.54, 1.807) is 36.3 Å². The van der Waals surface area contributed by atoms with Gasteiger partial charge in [0.1, 0.15) is 0 Å². The summed E-state index contributed by atoms with van der Waals surface area (Å²) < 4.78 is 12.9. The van der Waals surface area contributed by atoms with Gasteiger partial charge in [-0.05, 0) is 46.0 Å². The van der Waals surface area contributed by atoms with E-state index in [1.807, 2.05) is 17.9 Å². The summed E-state index contributed by atoms with van der Waals surface area (Å²) in [5.74, 6) is 0.346. The molecule has 168 valence electrons. The molecule has 10 heteroatoms. The number of carbonyl (C=O) groups is 1. The Hall–Kier alpha value is -3.53. The van der Waals surface area contributed by atoms with Crippen molar-refractivity contribution in [3.8, 4) is 23.0 Å². The van der Waals surface area contributed by atoms with Gasteiger partial charge in [-0.1, -0.05) is 18.2 Å². The molecule has 0 bridgehead atoms. The first kappa shape index (κ1) is 21.3. The summed E-state index contributed by atoms with van der Waals surface area (Å²) in [6, 6.07) is 8.06. The zero-order valence-electron chi connectivity index (χ0n) is 18.3. The van der Waals surface area contributed by atoms with Crippen molar-refractivity contribution in [2.24, 2.45) is 0 Å². The van der Waals surface area contributed by atoms with Gasteiger partial charge in [0.2, 0.25) is 5.88 Å². The summed E-state index contributed by atoms with van der Waals surface area (Å²) in [6.45, 7) is 2.63. The molecule has 3 aromatic heterocycles. The number of nitrogens with zero attached hydrogens (tertiary/aromatic N) is 6. The summed E-state index contributed by atoms with van der Waals surface area (Å²) in [4.78, 5) is 27.9. The number of halogens is 1. The molecule has 5 rings (SSSR count). The van der Waals surface area contributed by atoms with Gasteiger partial charge in [0, 0.05) is 31.2 Å². The van der Waals surface area contributed by atoms with Gasteiger partial charge in [-0.15, -0.1) is 0 Å². The van der Waals surface area contributed by atoms with E-state index in [-0.39, 0.29) is 18.0 Å². The lowest BCUT2D eigenvalue weighted by Gasteiger charge is -2.35. The molecular weight excluding hydrogens is 488 g/mol. The third-order valence-electron chi connectivity index (χ3n) is 5.86. The van der Waals surface area contributed by atoms with Crippen LogP contribution in [0, 0.1) is 0 Å². The molecular formula is C23H21BrN6O3. The average Bonchev–Trinajstić information content (AvgIpc) is 3.26. The van der Waals surface area contributed by atoms with Crippen molar-refractivity contribution in [3.63, 3.8) is 0 Å². The van der Waals surface area contributed by atoms with Gasteiger partial charge in [0.05, 0.1) is 30.3 Å². The molecule has 9 nitrogen and oxygen atoms in total. The highest BCUT2D eigenvalue weighted by molar-refractivity contribution is 9.10. The Bertz CT molecular complexity index is 1370. The fourth-order valence-electron chi connectivity index (χ4n) is 4.19. The third-order valence-corrected chi connectivity index (χ3v) is 6.27. The van der Waals surface area contributed by atoms with Crippen LogP contribution in [0.25, 0.3) is 16.8 Å². The number of ether oxygens (including phenoxy) is 2. The second-order valence-corrected chi connectivity index (χ2v) is 8.64. The number of hydrogen-bond donors (Lipinski definition) is 0. The van der Waals surface area contributed by atoms with Crippen molar-refractivity contribution in [1.82, 2.24) is 29.5 Å². The predicted octanol–water partition coefficient (Wildman–Crippen LogP) is 3.73. The van der Waals surface area contributed by atoms with Crippen molar-refractivity contribution in [3.05, 3.63) is 64.1 Å². The number of amides is 1. The minimum absolute atomic E-state index is 0.0891. The standard InChI is InChI=1S/C23H21BrN6O3/c1-13-17-5-4-14(18-11-26-23(33-3)27-21(18)32-2)8-15(17)6-7-29(13)22(31)19-9-20-25-10-16(24)12-30(20)28-19/h4-5,8-13H,6-7H2,1-3H3. The van der Waals surface area contributed by atoms with Crippen molar-refractivity contribution in [1.29, 1.82) is 0 Å². The van der Waals surface area contributed by atoms with Gasteiger partial charge < -0.3 is 14.4 Å². The Morgan fingerprint density at radius 3 is 2.79 bits per heavy atom. The first-order valence-corrected chi connectivity index (χ1v) is 11.2. The van der Waals surface area contributed by atoms with Crippen LogP contribution >= 0.6 is 15.9 Å². The lowest BCUT2D eigenvalue weighted by molar-refractivity contribution is 0.0671. The minimum Gasteiger partial charge on any atom is -0.480 e. The van der Waals surface area contributed by atoms with Crippen LogP contribution in [0.1, 0.15) is 34.6 Å². The van der Waals surface area contributed by atoms with E-state index in [1.165, 1.54) is 12.7 Å². The number of hydrogen-bond acceptors (Lipinski definition) is 7. The van der Waals surface area contributed by atoms with Crippen LogP contribution in [-0.2, 0) is 6.42 Å². The molecule has 1 unspecified atom stereocenters. The van der Waals surface area contributed by atoms with E-state index in [0.29, 0.717) is 23.8 Å². The first-order chi connectivity index (χ1) is 16.0. The lowest BCUT2D eigenvalue weighted by Crippen LogP contribution is -2.39. The molecule has 0 saturated carbocycles. The Kier molecular flexibility index (Phi) is 5.45. The number of carbonyl (C=O) groups excluding carboxylic acids is 1. The van der Waals surface area contributed by atoms with Crippen LogP contribution in [0.3, 0.4) is 0 Å². The molecule has 0 N–H and O–H groups in total. The molecule has 0 spiro atoms.